The quantitative estimate of drug-likeness (QED) is 0.416. The maximum atomic E-state index is 10.8. The van der Waals surface area contributed by atoms with Crippen molar-refractivity contribution >= 4 is 17.2 Å². The largest absolute Gasteiger partial charge is 0.285 e. The molecular formula is C13H13NO. The molecule has 15 heavy (non-hydrogen) atoms. The fourth-order valence-corrected chi connectivity index (χ4v) is 1.23. The predicted molar refractivity (Wildman–Crippen MR) is 63.7 cm³/mol. The van der Waals surface area contributed by atoms with Gasteiger partial charge in [0.25, 0.3) is 0 Å². The standard InChI is InChI=1S/C13H13NO/c1-3-9-14-11(2)13(10-15)12-7-5-4-6-8-12/h3-8H,1,9H2,2H3. The van der Waals surface area contributed by atoms with Gasteiger partial charge in [-0.05, 0) is 12.5 Å². The summed E-state index contributed by atoms with van der Waals surface area (Å²) in [5.74, 6) is 1.93. The van der Waals surface area contributed by atoms with Crippen molar-refractivity contribution in [1.29, 1.82) is 0 Å². The number of allylic oxidation sites excluding steroid dienone is 1. The topological polar surface area (TPSA) is 29.4 Å². The van der Waals surface area contributed by atoms with E-state index in [0.717, 1.165) is 5.56 Å². The zero-order valence-corrected chi connectivity index (χ0v) is 8.73. The summed E-state index contributed by atoms with van der Waals surface area (Å²) >= 11 is 0. The number of hydrogen-bond acceptors (Lipinski definition) is 2. The lowest BCUT2D eigenvalue weighted by Gasteiger charge is -2.02. The molecule has 0 fully saturated rings. The van der Waals surface area contributed by atoms with E-state index in [-0.39, 0.29) is 0 Å². The van der Waals surface area contributed by atoms with Gasteiger partial charge in [0.15, 0.2) is 0 Å². The molecule has 0 aliphatic carbocycles. The van der Waals surface area contributed by atoms with E-state index in [1.165, 1.54) is 0 Å². The van der Waals surface area contributed by atoms with E-state index in [0.29, 0.717) is 17.8 Å². The zero-order chi connectivity index (χ0) is 11.1. The predicted octanol–water partition coefficient (Wildman–Crippen LogP) is 2.55. The molecule has 0 spiro atoms. The normalized spacial score (nSPS) is 10.6. The summed E-state index contributed by atoms with van der Waals surface area (Å²) in [6.45, 7) is 5.90. The first-order chi connectivity index (χ1) is 7.29. The molecule has 0 amide bonds. The van der Waals surface area contributed by atoms with Crippen LogP contribution in [0.3, 0.4) is 0 Å². The van der Waals surface area contributed by atoms with Crippen molar-refractivity contribution in [3.05, 3.63) is 48.6 Å². The van der Waals surface area contributed by atoms with Crippen LogP contribution in [0.4, 0.5) is 0 Å². The maximum Gasteiger partial charge on any atom is 0.134 e. The number of nitrogens with zero attached hydrogens (tertiary/aromatic N) is 1. The van der Waals surface area contributed by atoms with Crippen molar-refractivity contribution in [2.45, 2.75) is 6.92 Å². The second-order valence-corrected chi connectivity index (χ2v) is 3.06. The van der Waals surface area contributed by atoms with Crippen LogP contribution in [0.25, 0.3) is 5.57 Å². The monoisotopic (exact) mass is 199 g/mol. The van der Waals surface area contributed by atoms with Gasteiger partial charge in [-0.25, -0.2) is 4.79 Å². The Balaban J connectivity index is 3.01. The molecule has 2 nitrogen and oxygen atoms in total. The van der Waals surface area contributed by atoms with Crippen molar-refractivity contribution in [2.75, 3.05) is 6.54 Å². The number of hydrogen-bond donors (Lipinski definition) is 0. The fourth-order valence-electron chi connectivity index (χ4n) is 1.23. The highest BCUT2D eigenvalue weighted by molar-refractivity contribution is 6.30. The first-order valence-corrected chi connectivity index (χ1v) is 4.72. The lowest BCUT2D eigenvalue weighted by molar-refractivity contribution is 0.570. The second-order valence-electron chi connectivity index (χ2n) is 3.06. The fraction of sp³-hybridized carbons (Fsp3) is 0.154. The Morgan fingerprint density at radius 1 is 1.47 bits per heavy atom. The minimum atomic E-state index is 0.512. The summed E-state index contributed by atoms with van der Waals surface area (Å²) in [6.07, 6.45) is 1.69. The second kappa shape index (κ2) is 5.74. The maximum absolute atomic E-state index is 10.8. The Morgan fingerprint density at radius 2 is 2.13 bits per heavy atom. The average Bonchev–Trinajstić information content (AvgIpc) is 2.29. The number of benzene rings is 1. The Kier molecular flexibility index (Phi) is 4.27. The molecule has 0 heterocycles. The van der Waals surface area contributed by atoms with Crippen LogP contribution < -0.4 is 0 Å². The van der Waals surface area contributed by atoms with E-state index in [2.05, 4.69) is 11.6 Å². The van der Waals surface area contributed by atoms with Crippen LogP contribution in [0.1, 0.15) is 12.5 Å². The summed E-state index contributed by atoms with van der Waals surface area (Å²) in [5.41, 5.74) is 2.05. The van der Waals surface area contributed by atoms with Gasteiger partial charge in [-0.2, -0.15) is 0 Å². The van der Waals surface area contributed by atoms with Crippen LogP contribution in [0, 0.1) is 0 Å². The molecule has 0 aliphatic rings. The molecule has 0 saturated carbocycles. The first kappa shape index (κ1) is 11.2. The minimum Gasteiger partial charge on any atom is -0.285 e. The van der Waals surface area contributed by atoms with Crippen molar-refractivity contribution in [2.24, 2.45) is 4.99 Å². The summed E-state index contributed by atoms with van der Waals surface area (Å²) < 4.78 is 0. The van der Waals surface area contributed by atoms with E-state index in [4.69, 9.17) is 0 Å². The van der Waals surface area contributed by atoms with Crippen molar-refractivity contribution in [3.8, 4) is 0 Å². The molecule has 0 bridgehead atoms. The molecule has 0 N–H and O–H groups in total. The van der Waals surface area contributed by atoms with Crippen molar-refractivity contribution < 1.29 is 4.79 Å². The molecule has 0 atom stereocenters. The molecule has 0 aliphatic heterocycles. The van der Waals surface area contributed by atoms with Crippen LogP contribution in [0.2, 0.25) is 0 Å². The number of carbonyl (C=O) groups excluding carboxylic acids is 1. The number of aliphatic imine (C=N–C) groups is 1. The molecule has 0 unspecified atom stereocenters. The van der Waals surface area contributed by atoms with Crippen LogP contribution in [0.5, 0.6) is 0 Å². The molecule has 0 aromatic heterocycles. The summed E-state index contributed by atoms with van der Waals surface area (Å²) in [4.78, 5) is 15.0. The van der Waals surface area contributed by atoms with Gasteiger partial charge in [-0.15, -0.1) is 6.58 Å². The smallest absolute Gasteiger partial charge is 0.134 e. The molecule has 76 valence electrons. The van der Waals surface area contributed by atoms with Crippen LogP contribution in [0.15, 0.2) is 48.0 Å². The molecule has 1 aromatic rings. The first-order valence-electron chi connectivity index (χ1n) is 4.72. The van der Waals surface area contributed by atoms with Crippen LogP contribution >= 0.6 is 0 Å². The van der Waals surface area contributed by atoms with Crippen molar-refractivity contribution in [1.82, 2.24) is 0 Å². The van der Waals surface area contributed by atoms with E-state index in [1.807, 2.05) is 36.3 Å². The van der Waals surface area contributed by atoms with E-state index in [1.54, 1.807) is 13.0 Å². The Labute approximate surface area is 89.7 Å². The highest BCUT2D eigenvalue weighted by Crippen LogP contribution is 2.12. The zero-order valence-electron chi connectivity index (χ0n) is 8.73. The van der Waals surface area contributed by atoms with Crippen molar-refractivity contribution in [3.63, 3.8) is 0 Å². The third-order valence-corrected chi connectivity index (χ3v) is 1.98. The van der Waals surface area contributed by atoms with Gasteiger partial charge in [0.1, 0.15) is 5.94 Å². The third kappa shape index (κ3) is 3.04. The summed E-state index contributed by atoms with van der Waals surface area (Å²) in [7, 11) is 0. The lowest BCUT2D eigenvalue weighted by atomic mass is 10.0. The summed E-state index contributed by atoms with van der Waals surface area (Å²) in [6, 6.07) is 9.41. The molecule has 1 rings (SSSR count). The van der Waals surface area contributed by atoms with Gasteiger partial charge >= 0.3 is 0 Å². The average molecular weight is 199 g/mol. The van der Waals surface area contributed by atoms with Gasteiger partial charge in [0.05, 0.1) is 17.8 Å². The van der Waals surface area contributed by atoms with Gasteiger partial charge in [0, 0.05) is 0 Å². The van der Waals surface area contributed by atoms with E-state index in [9.17, 15) is 4.79 Å². The molecule has 1 aromatic carbocycles. The van der Waals surface area contributed by atoms with Crippen LogP contribution in [-0.4, -0.2) is 18.2 Å². The number of rotatable bonds is 4. The SMILES string of the molecule is C=CCN=C(C)C(=C=O)c1ccccc1. The molecule has 0 saturated heterocycles. The van der Waals surface area contributed by atoms with Crippen LogP contribution in [-0.2, 0) is 4.79 Å². The van der Waals surface area contributed by atoms with Gasteiger partial charge in [0.2, 0.25) is 0 Å². The third-order valence-electron chi connectivity index (χ3n) is 1.98. The Morgan fingerprint density at radius 3 is 2.67 bits per heavy atom. The van der Waals surface area contributed by atoms with Gasteiger partial charge in [-0.1, -0.05) is 36.4 Å². The highest BCUT2D eigenvalue weighted by Gasteiger charge is 2.04. The molecule has 2 heteroatoms. The molecule has 0 radical (unpaired) electrons. The Hall–Kier alpha value is -1.92. The molecular weight excluding hydrogens is 186 g/mol. The lowest BCUT2D eigenvalue weighted by Crippen LogP contribution is -1.98. The minimum absolute atomic E-state index is 0.512. The van der Waals surface area contributed by atoms with E-state index < -0.39 is 0 Å². The van der Waals surface area contributed by atoms with E-state index >= 15 is 0 Å². The van der Waals surface area contributed by atoms with Gasteiger partial charge in [-0.3, -0.25) is 4.99 Å². The van der Waals surface area contributed by atoms with Gasteiger partial charge < -0.3 is 0 Å². The summed E-state index contributed by atoms with van der Waals surface area (Å²) in [5, 5.41) is 0. The Bertz CT molecular complexity index is 411. The highest BCUT2D eigenvalue weighted by atomic mass is 16.1.